The first kappa shape index (κ1) is 25.3. The molecule has 0 fully saturated rings. The molecular formula is C22H28F3N5O2S. The second-order valence-corrected chi connectivity index (χ2v) is 8.61. The maximum atomic E-state index is 13.4. The van der Waals surface area contributed by atoms with Gasteiger partial charge in [-0.25, -0.2) is 15.0 Å². The molecule has 0 bridgehead atoms. The quantitative estimate of drug-likeness (QED) is 0.527. The fourth-order valence-corrected chi connectivity index (χ4v) is 4.25. The highest BCUT2D eigenvalue weighted by molar-refractivity contribution is 7.98. The van der Waals surface area contributed by atoms with Crippen LogP contribution >= 0.6 is 11.8 Å². The molecule has 0 saturated carbocycles. The number of rotatable bonds is 4. The van der Waals surface area contributed by atoms with Crippen LogP contribution in [0.2, 0.25) is 0 Å². The highest BCUT2D eigenvalue weighted by atomic mass is 32.2. The third kappa shape index (κ3) is 5.25. The van der Waals surface area contributed by atoms with Crippen LogP contribution in [-0.2, 0) is 25.9 Å². The van der Waals surface area contributed by atoms with Crippen LogP contribution in [-0.4, -0.2) is 42.5 Å². The number of alkyl halides is 3. The number of benzene rings is 1. The zero-order chi connectivity index (χ0) is 24.3. The van der Waals surface area contributed by atoms with E-state index < -0.39 is 18.0 Å². The van der Waals surface area contributed by atoms with Gasteiger partial charge in [0.1, 0.15) is 5.82 Å². The molecule has 0 saturated heterocycles. The largest absolute Gasteiger partial charge is 0.433 e. The highest BCUT2D eigenvalue weighted by Crippen LogP contribution is 2.35. The monoisotopic (exact) mass is 483 g/mol. The molecule has 3 heterocycles. The second-order valence-electron chi connectivity index (χ2n) is 7.77. The minimum absolute atomic E-state index is 0.0501. The topological polar surface area (TPSA) is 87.3 Å². The normalized spacial score (nSPS) is 14.6. The number of hydrogen-bond acceptors (Lipinski definition) is 7. The molecule has 4 rings (SSSR count). The number of fused-ring (bicyclic) bond motifs is 3. The summed E-state index contributed by atoms with van der Waals surface area (Å²) in [5.41, 5.74) is 0.965. The maximum absolute atomic E-state index is 13.4. The predicted molar refractivity (Wildman–Crippen MR) is 122 cm³/mol. The molecule has 1 atom stereocenters. The average molecular weight is 484 g/mol. The van der Waals surface area contributed by atoms with Gasteiger partial charge in [-0.2, -0.15) is 13.2 Å². The van der Waals surface area contributed by atoms with Gasteiger partial charge >= 0.3 is 6.18 Å². The lowest BCUT2D eigenvalue weighted by atomic mass is 10.1. The van der Waals surface area contributed by atoms with Crippen LogP contribution in [0.25, 0.3) is 11.0 Å². The third-order valence-electron chi connectivity index (χ3n) is 5.13. The number of halogens is 3. The Bertz CT molecular complexity index is 1120. The molecule has 0 amide bonds. The zero-order valence-electron chi connectivity index (χ0n) is 19.0. The first-order valence-electron chi connectivity index (χ1n) is 10.7. The van der Waals surface area contributed by atoms with Crippen LogP contribution < -0.4 is 4.90 Å². The first-order valence-corrected chi connectivity index (χ1v) is 11.9. The second kappa shape index (κ2) is 10.3. The number of aliphatic hydroxyl groups is 2. The van der Waals surface area contributed by atoms with Crippen LogP contribution in [0.1, 0.15) is 55.9 Å². The van der Waals surface area contributed by atoms with Crippen LogP contribution in [0.15, 0.2) is 23.2 Å². The van der Waals surface area contributed by atoms with E-state index in [-0.39, 0.29) is 24.7 Å². The van der Waals surface area contributed by atoms with Gasteiger partial charge in [-0.1, -0.05) is 20.3 Å². The molecule has 1 aliphatic heterocycles. The Morgan fingerprint density at radius 1 is 1.18 bits per heavy atom. The van der Waals surface area contributed by atoms with E-state index in [1.807, 2.05) is 23.0 Å². The Balaban J connectivity index is 0.000000968. The molecule has 7 nitrogen and oxygen atoms in total. The van der Waals surface area contributed by atoms with Crippen molar-refractivity contribution in [1.29, 1.82) is 0 Å². The molecule has 33 heavy (non-hydrogen) atoms. The Morgan fingerprint density at radius 2 is 1.88 bits per heavy atom. The molecule has 0 radical (unpaired) electrons. The molecule has 1 aromatic carbocycles. The lowest BCUT2D eigenvalue weighted by molar-refractivity contribution is -0.142. The van der Waals surface area contributed by atoms with E-state index in [4.69, 9.17) is 0 Å². The molecule has 0 spiro atoms. The van der Waals surface area contributed by atoms with E-state index in [9.17, 15) is 23.4 Å². The minimum atomic E-state index is -4.69. The van der Waals surface area contributed by atoms with Gasteiger partial charge in [-0.05, 0) is 30.9 Å². The van der Waals surface area contributed by atoms with Crippen LogP contribution in [0, 0.1) is 0 Å². The molecule has 1 aliphatic rings. The molecule has 2 N–H and O–H groups in total. The summed E-state index contributed by atoms with van der Waals surface area (Å²) in [7, 11) is 0. The smallest absolute Gasteiger partial charge is 0.392 e. The number of thioether (sulfide) groups is 1. The standard InChI is InChI=1S/C19H20F3N5O2S.C3H8/c1-10(29)12-7-23-18(25-17(12)19(20,21)22)26-3-4-27-14-6-15(30-2)11(9-28)5-13(14)24-16(27)8-26;1-3-2/h5-7,10,28-29H,3-4,8-9H2,1-2H3;3H2,1-2H3. The SMILES string of the molecule is CCC.CSc1cc2c(cc1CO)nc1n2CCN(c2ncc(C(C)O)c(C(F)(F)F)n2)C1. The van der Waals surface area contributed by atoms with Gasteiger partial charge in [0.2, 0.25) is 5.95 Å². The Labute approximate surface area is 194 Å². The molecule has 2 aromatic heterocycles. The van der Waals surface area contributed by atoms with Crippen molar-refractivity contribution < 1.29 is 23.4 Å². The van der Waals surface area contributed by atoms with E-state index in [1.165, 1.54) is 25.1 Å². The van der Waals surface area contributed by atoms with E-state index in [2.05, 4.69) is 28.8 Å². The number of anilines is 1. The summed E-state index contributed by atoms with van der Waals surface area (Å²) in [6.45, 7) is 6.59. The summed E-state index contributed by atoms with van der Waals surface area (Å²) in [6.07, 6.45) is -1.80. The van der Waals surface area contributed by atoms with Crippen molar-refractivity contribution in [3.63, 3.8) is 0 Å². The Hall–Kier alpha value is -2.37. The number of hydrogen-bond donors (Lipinski definition) is 2. The molecule has 1 unspecified atom stereocenters. The Morgan fingerprint density at radius 3 is 2.45 bits per heavy atom. The molecule has 0 aliphatic carbocycles. The lowest BCUT2D eigenvalue weighted by Gasteiger charge is -2.28. The number of imidazole rings is 1. The van der Waals surface area contributed by atoms with Gasteiger partial charge in [0.25, 0.3) is 0 Å². The van der Waals surface area contributed by atoms with E-state index in [0.717, 1.165) is 27.7 Å². The minimum Gasteiger partial charge on any atom is -0.392 e. The van der Waals surface area contributed by atoms with Gasteiger partial charge in [-0.3, -0.25) is 0 Å². The zero-order valence-corrected chi connectivity index (χ0v) is 19.8. The summed E-state index contributed by atoms with van der Waals surface area (Å²) >= 11 is 1.54. The fourth-order valence-electron chi connectivity index (χ4n) is 3.64. The van der Waals surface area contributed by atoms with E-state index in [1.54, 1.807) is 4.90 Å². The number of nitrogens with zero attached hydrogens (tertiary/aromatic N) is 5. The van der Waals surface area contributed by atoms with Crippen molar-refractivity contribution in [2.24, 2.45) is 0 Å². The van der Waals surface area contributed by atoms with Crippen LogP contribution in [0.3, 0.4) is 0 Å². The van der Waals surface area contributed by atoms with Gasteiger partial charge in [0, 0.05) is 29.7 Å². The summed E-state index contributed by atoms with van der Waals surface area (Å²) in [5.74, 6) is 0.640. The number of aromatic nitrogens is 4. The van der Waals surface area contributed by atoms with Crippen molar-refractivity contribution >= 4 is 28.7 Å². The average Bonchev–Trinajstić information content (AvgIpc) is 3.14. The lowest BCUT2D eigenvalue weighted by Crippen LogP contribution is -2.35. The molecule has 11 heteroatoms. The Kier molecular flexibility index (Phi) is 7.86. The first-order chi connectivity index (χ1) is 15.6. The van der Waals surface area contributed by atoms with Gasteiger partial charge < -0.3 is 19.7 Å². The third-order valence-corrected chi connectivity index (χ3v) is 5.95. The van der Waals surface area contributed by atoms with Gasteiger partial charge in [0.15, 0.2) is 5.69 Å². The van der Waals surface area contributed by atoms with E-state index in [0.29, 0.717) is 18.9 Å². The van der Waals surface area contributed by atoms with Gasteiger partial charge in [-0.15, -0.1) is 11.8 Å². The van der Waals surface area contributed by atoms with Crippen LogP contribution in [0.5, 0.6) is 0 Å². The van der Waals surface area contributed by atoms with Crippen molar-refractivity contribution in [2.75, 3.05) is 17.7 Å². The van der Waals surface area contributed by atoms with Crippen molar-refractivity contribution in [2.45, 2.75) is 64.1 Å². The fraction of sp³-hybridized carbons (Fsp3) is 0.500. The molecular weight excluding hydrogens is 455 g/mol. The van der Waals surface area contributed by atoms with Crippen LogP contribution in [0.4, 0.5) is 19.1 Å². The maximum Gasteiger partial charge on any atom is 0.433 e. The number of aliphatic hydroxyl groups excluding tert-OH is 2. The van der Waals surface area contributed by atoms with Crippen molar-refractivity contribution in [3.05, 3.63) is 41.0 Å². The highest BCUT2D eigenvalue weighted by Gasteiger charge is 2.38. The summed E-state index contributed by atoms with van der Waals surface area (Å²) in [4.78, 5) is 15.0. The van der Waals surface area contributed by atoms with Crippen molar-refractivity contribution in [1.82, 2.24) is 19.5 Å². The summed E-state index contributed by atoms with van der Waals surface area (Å²) in [6, 6.07) is 3.82. The molecule has 3 aromatic rings. The van der Waals surface area contributed by atoms with Crippen molar-refractivity contribution in [3.8, 4) is 0 Å². The molecule has 180 valence electrons. The summed E-state index contributed by atoms with van der Waals surface area (Å²) in [5, 5.41) is 19.2. The van der Waals surface area contributed by atoms with Gasteiger partial charge in [0.05, 0.1) is 30.3 Å². The van der Waals surface area contributed by atoms with E-state index >= 15 is 0 Å². The summed E-state index contributed by atoms with van der Waals surface area (Å²) < 4.78 is 42.3. The predicted octanol–water partition coefficient (Wildman–Crippen LogP) is 4.55.